The summed E-state index contributed by atoms with van der Waals surface area (Å²) < 4.78 is 0.569. The predicted octanol–water partition coefficient (Wildman–Crippen LogP) is 2.09. The van der Waals surface area contributed by atoms with Gasteiger partial charge in [-0.1, -0.05) is 11.6 Å². The minimum absolute atomic E-state index is 0.00981. The minimum atomic E-state index is 0.00981. The summed E-state index contributed by atoms with van der Waals surface area (Å²) in [6, 6.07) is 0. The number of allylic oxidation sites excluding steroid dienone is 1. The molecule has 7 heavy (non-hydrogen) atoms. The van der Waals surface area contributed by atoms with Gasteiger partial charge < -0.3 is 0 Å². The molecule has 0 aromatic heterocycles. The van der Waals surface area contributed by atoms with E-state index in [2.05, 4.69) is 0 Å². The van der Waals surface area contributed by atoms with Gasteiger partial charge in [0, 0.05) is 5.54 Å². The molecule has 0 unspecified atom stereocenters. The molecule has 1 nitrogen and oxygen atoms in total. The molecule has 0 heterocycles. The quantitative estimate of drug-likeness (QED) is 0.498. The fourth-order valence-corrected chi connectivity index (χ4v) is 0.230. The zero-order chi connectivity index (χ0) is 5.86. The van der Waals surface area contributed by atoms with Crippen molar-refractivity contribution < 1.29 is 4.79 Å². The van der Waals surface area contributed by atoms with Crippen LogP contribution in [0.5, 0.6) is 0 Å². The highest BCUT2D eigenvalue weighted by molar-refractivity contribution is 14.1. The van der Waals surface area contributed by atoms with Gasteiger partial charge >= 0.3 is 0 Å². The van der Waals surface area contributed by atoms with Crippen molar-refractivity contribution in [1.82, 2.24) is 0 Å². The third kappa shape index (κ3) is 3.05. The average Bonchev–Trinajstić information content (AvgIpc) is 1.65. The molecule has 3 heteroatoms. The average molecular weight is 230 g/mol. The van der Waals surface area contributed by atoms with Crippen LogP contribution in [0.4, 0.5) is 0 Å². The molecule has 0 aliphatic carbocycles. The summed E-state index contributed by atoms with van der Waals surface area (Å²) in [5.74, 6) is 0.00981. The molecule has 0 saturated carbocycles. The monoisotopic (exact) mass is 230 g/mol. The van der Waals surface area contributed by atoms with E-state index in [0.717, 1.165) is 0 Å². The van der Waals surface area contributed by atoms with Crippen molar-refractivity contribution in [3.8, 4) is 0 Å². The van der Waals surface area contributed by atoms with Gasteiger partial charge in [0.25, 0.3) is 0 Å². The van der Waals surface area contributed by atoms with Crippen LogP contribution in [0.1, 0.15) is 6.92 Å². The van der Waals surface area contributed by atoms with Gasteiger partial charge in [0.15, 0.2) is 5.78 Å². The first kappa shape index (κ1) is 7.43. The lowest BCUT2D eigenvalue weighted by atomic mass is 10.5. The van der Waals surface area contributed by atoms with Crippen molar-refractivity contribution >= 4 is 40.0 Å². The molecule has 0 radical (unpaired) electrons. The van der Waals surface area contributed by atoms with Crippen molar-refractivity contribution in [3.63, 3.8) is 0 Å². The second-order valence-electron chi connectivity index (χ2n) is 1.01. The number of hydrogen-bond acceptors (Lipinski definition) is 1. The van der Waals surface area contributed by atoms with Crippen LogP contribution in [0.3, 0.4) is 0 Å². The van der Waals surface area contributed by atoms with Crippen LogP contribution in [0, 0.1) is 0 Å². The number of hydrogen-bond donors (Lipinski definition) is 0. The first-order valence-corrected chi connectivity index (χ1v) is 3.17. The Bertz CT molecular complexity index is 108. The van der Waals surface area contributed by atoms with Crippen molar-refractivity contribution in [2.45, 2.75) is 6.92 Å². The van der Waals surface area contributed by atoms with Crippen LogP contribution in [0.2, 0.25) is 0 Å². The summed E-state index contributed by atoms with van der Waals surface area (Å²) in [6.45, 7) is 1.47. The lowest BCUT2D eigenvalue weighted by Gasteiger charge is -1.81. The molecule has 0 fully saturated rings. The van der Waals surface area contributed by atoms with E-state index < -0.39 is 0 Å². The van der Waals surface area contributed by atoms with Crippen LogP contribution in [0.25, 0.3) is 0 Å². The summed E-state index contributed by atoms with van der Waals surface area (Å²) in [5.41, 5.74) is 1.27. The zero-order valence-electron chi connectivity index (χ0n) is 3.74. The van der Waals surface area contributed by atoms with Crippen LogP contribution in [-0.2, 0) is 4.79 Å². The molecule has 0 spiro atoms. The van der Waals surface area contributed by atoms with Gasteiger partial charge in [-0.3, -0.25) is 4.79 Å². The first-order valence-electron chi connectivity index (χ1n) is 1.65. The van der Waals surface area contributed by atoms with E-state index in [1.54, 1.807) is 0 Å². The Morgan fingerprint density at radius 3 is 2.29 bits per heavy atom. The topological polar surface area (TPSA) is 17.1 Å². The van der Waals surface area contributed by atoms with Gasteiger partial charge in [-0.15, -0.1) is 0 Å². The standard InChI is InChI=1S/C4H4ClIO/c1-3(7)4(6)2-5/h2H,1H3/b4-2-. The molecule has 0 saturated heterocycles. The highest BCUT2D eigenvalue weighted by Gasteiger charge is 1.93. The highest BCUT2D eigenvalue weighted by Crippen LogP contribution is 2.06. The second-order valence-corrected chi connectivity index (χ2v) is 2.39. The molecule has 0 aromatic rings. The highest BCUT2D eigenvalue weighted by atomic mass is 127. The zero-order valence-corrected chi connectivity index (χ0v) is 6.65. The largest absolute Gasteiger partial charge is 0.294 e. The van der Waals surface area contributed by atoms with Crippen molar-refractivity contribution in [3.05, 3.63) is 9.12 Å². The summed E-state index contributed by atoms with van der Waals surface area (Å²) in [6.07, 6.45) is 0. The molecule has 0 aliphatic rings. The number of Topliss-reactive ketones (excluding diaryl/α,β-unsaturated/α-hetero) is 1. The first-order chi connectivity index (χ1) is 3.18. The van der Waals surface area contributed by atoms with E-state index in [4.69, 9.17) is 11.6 Å². The molecule has 0 atom stereocenters. The summed E-state index contributed by atoms with van der Waals surface area (Å²) in [4.78, 5) is 10.2. The normalized spacial score (nSPS) is 11.6. The lowest BCUT2D eigenvalue weighted by molar-refractivity contribution is -0.112. The smallest absolute Gasteiger partial charge is 0.166 e. The molecule has 0 rings (SSSR count). The van der Waals surface area contributed by atoms with Gasteiger partial charge in [-0.05, 0) is 29.5 Å². The summed E-state index contributed by atoms with van der Waals surface area (Å²) in [5, 5.41) is 0. The number of carbonyl (C=O) groups excluding carboxylic acids is 1. The fraction of sp³-hybridized carbons (Fsp3) is 0.250. The van der Waals surface area contributed by atoms with E-state index in [0.29, 0.717) is 3.58 Å². The molecule has 0 N–H and O–H groups in total. The molecule has 0 aliphatic heterocycles. The molecule has 0 amide bonds. The second kappa shape index (κ2) is 3.43. The van der Waals surface area contributed by atoms with Gasteiger partial charge in [0.2, 0.25) is 0 Å². The lowest BCUT2D eigenvalue weighted by Crippen LogP contribution is -1.84. The van der Waals surface area contributed by atoms with Crippen molar-refractivity contribution in [2.24, 2.45) is 0 Å². The summed E-state index contributed by atoms with van der Waals surface area (Å²) >= 11 is 7.03. The number of rotatable bonds is 1. The Morgan fingerprint density at radius 1 is 1.86 bits per heavy atom. The van der Waals surface area contributed by atoms with E-state index in [1.807, 2.05) is 22.6 Å². The Balaban J connectivity index is 3.82. The van der Waals surface area contributed by atoms with E-state index in [9.17, 15) is 4.79 Å². The van der Waals surface area contributed by atoms with Crippen LogP contribution in [-0.4, -0.2) is 5.78 Å². The molecule has 40 valence electrons. The Labute approximate surface area is 60.9 Å². The molecule has 0 aromatic carbocycles. The fourth-order valence-electron chi connectivity index (χ4n) is 0.0768. The SMILES string of the molecule is CC(=O)/C(I)=C/Cl. The van der Waals surface area contributed by atoms with E-state index >= 15 is 0 Å². The van der Waals surface area contributed by atoms with E-state index in [-0.39, 0.29) is 5.78 Å². The number of carbonyl (C=O) groups is 1. The van der Waals surface area contributed by atoms with Gasteiger partial charge in [0.1, 0.15) is 0 Å². The third-order valence-electron chi connectivity index (χ3n) is 0.432. The molecular formula is C4H4ClIO. The van der Waals surface area contributed by atoms with E-state index in [1.165, 1.54) is 12.5 Å². The number of ketones is 1. The maximum atomic E-state index is 10.2. The van der Waals surface area contributed by atoms with Gasteiger partial charge in [-0.25, -0.2) is 0 Å². The third-order valence-corrected chi connectivity index (χ3v) is 2.09. The van der Waals surface area contributed by atoms with Crippen LogP contribution in [0.15, 0.2) is 9.12 Å². The van der Waals surface area contributed by atoms with Crippen molar-refractivity contribution in [2.75, 3.05) is 0 Å². The van der Waals surface area contributed by atoms with Crippen molar-refractivity contribution in [1.29, 1.82) is 0 Å². The summed E-state index contributed by atoms with van der Waals surface area (Å²) in [7, 11) is 0. The maximum Gasteiger partial charge on any atom is 0.166 e. The Morgan fingerprint density at radius 2 is 2.29 bits per heavy atom. The predicted molar refractivity (Wildman–Crippen MR) is 38.6 cm³/mol. The molecular weight excluding hydrogens is 226 g/mol. The Hall–Kier alpha value is 0.430. The van der Waals surface area contributed by atoms with Gasteiger partial charge in [0.05, 0.1) is 3.58 Å². The Kier molecular flexibility index (Phi) is 3.65. The van der Waals surface area contributed by atoms with Crippen LogP contribution >= 0.6 is 34.2 Å². The maximum absolute atomic E-state index is 10.2. The minimum Gasteiger partial charge on any atom is -0.294 e. The molecule has 0 bridgehead atoms. The van der Waals surface area contributed by atoms with Gasteiger partial charge in [-0.2, -0.15) is 0 Å². The van der Waals surface area contributed by atoms with Crippen LogP contribution < -0.4 is 0 Å². The number of halogens is 2.